The Labute approximate surface area is 93.0 Å². The van der Waals surface area contributed by atoms with Crippen LogP contribution in [0.2, 0.25) is 0 Å². The summed E-state index contributed by atoms with van der Waals surface area (Å²) in [5, 5.41) is 7.31. The molecule has 1 atom stereocenters. The van der Waals surface area contributed by atoms with Crippen molar-refractivity contribution in [2.24, 2.45) is 0 Å². The summed E-state index contributed by atoms with van der Waals surface area (Å²) in [6, 6.07) is 0.659. The molecule has 0 spiro atoms. The molecule has 1 saturated carbocycles. The quantitative estimate of drug-likeness (QED) is 0.736. The Morgan fingerprint density at radius 2 is 2.13 bits per heavy atom. The standard InChI is InChI=1S/C12H24N2O/c1-15-10-12(6-2-3-7-12)14-11-5-4-8-13-9-11/h11,13-14H,2-10H2,1H3/t11-/m1/s1. The average Bonchev–Trinajstić information content (AvgIpc) is 2.69. The van der Waals surface area contributed by atoms with Crippen LogP contribution in [-0.2, 0) is 4.74 Å². The summed E-state index contributed by atoms with van der Waals surface area (Å²) in [7, 11) is 1.82. The van der Waals surface area contributed by atoms with Crippen molar-refractivity contribution in [3.05, 3.63) is 0 Å². The molecule has 0 aromatic carbocycles. The molecule has 0 aromatic heterocycles. The van der Waals surface area contributed by atoms with Crippen LogP contribution >= 0.6 is 0 Å². The highest BCUT2D eigenvalue weighted by Gasteiger charge is 2.35. The summed E-state index contributed by atoms with van der Waals surface area (Å²) in [4.78, 5) is 0. The van der Waals surface area contributed by atoms with E-state index in [9.17, 15) is 0 Å². The van der Waals surface area contributed by atoms with E-state index in [1.165, 1.54) is 45.1 Å². The first-order valence-electron chi connectivity index (χ1n) is 6.32. The summed E-state index contributed by atoms with van der Waals surface area (Å²) in [5.74, 6) is 0. The van der Waals surface area contributed by atoms with Crippen LogP contribution in [0.1, 0.15) is 38.5 Å². The number of hydrogen-bond donors (Lipinski definition) is 2. The molecule has 1 saturated heterocycles. The van der Waals surface area contributed by atoms with Crippen molar-refractivity contribution in [1.29, 1.82) is 0 Å². The minimum absolute atomic E-state index is 0.290. The number of piperidine rings is 1. The van der Waals surface area contributed by atoms with Gasteiger partial charge in [0.25, 0.3) is 0 Å². The molecule has 0 bridgehead atoms. The van der Waals surface area contributed by atoms with Gasteiger partial charge in [-0.3, -0.25) is 0 Å². The lowest BCUT2D eigenvalue weighted by molar-refractivity contribution is 0.0994. The smallest absolute Gasteiger partial charge is 0.0644 e. The van der Waals surface area contributed by atoms with E-state index in [4.69, 9.17) is 4.74 Å². The number of rotatable bonds is 4. The second-order valence-corrected chi connectivity index (χ2v) is 5.11. The number of ether oxygens (including phenoxy) is 1. The van der Waals surface area contributed by atoms with E-state index in [-0.39, 0.29) is 0 Å². The average molecular weight is 212 g/mol. The highest BCUT2D eigenvalue weighted by molar-refractivity contribution is 4.95. The maximum absolute atomic E-state index is 5.39. The maximum atomic E-state index is 5.39. The summed E-state index contributed by atoms with van der Waals surface area (Å²) in [5.41, 5.74) is 0.290. The van der Waals surface area contributed by atoms with Gasteiger partial charge < -0.3 is 15.4 Å². The third kappa shape index (κ3) is 2.92. The Hall–Kier alpha value is -0.120. The summed E-state index contributed by atoms with van der Waals surface area (Å²) >= 11 is 0. The van der Waals surface area contributed by atoms with E-state index in [0.29, 0.717) is 11.6 Å². The Morgan fingerprint density at radius 3 is 2.73 bits per heavy atom. The van der Waals surface area contributed by atoms with E-state index in [1.54, 1.807) is 0 Å². The minimum atomic E-state index is 0.290. The Balaban J connectivity index is 1.87. The first-order valence-corrected chi connectivity index (χ1v) is 6.32. The molecule has 15 heavy (non-hydrogen) atoms. The molecule has 2 aliphatic rings. The van der Waals surface area contributed by atoms with Crippen LogP contribution in [0.15, 0.2) is 0 Å². The lowest BCUT2D eigenvalue weighted by atomic mass is 9.95. The SMILES string of the molecule is COCC1(N[C@@H]2CCCNC2)CCCC1. The Kier molecular flexibility index (Phi) is 4.00. The van der Waals surface area contributed by atoms with E-state index >= 15 is 0 Å². The number of nitrogens with one attached hydrogen (secondary N) is 2. The van der Waals surface area contributed by atoms with Gasteiger partial charge >= 0.3 is 0 Å². The van der Waals surface area contributed by atoms with Gasteiger partial charge in [0.1, 0.15) is 0 Å². The van der Waals surface area contributed by atoms with E-state index in [2.05, 4.69) is 10.6 Å². The van der Waals surface area contributed by atoms with Gasteiger partial charge in [-0.2, -0.15) is 0 Å². The van der Waals surface area contributed by atoms with Crippen LogP contribution in [0.5, 0.6) is 0 Å². The van der Waals surface area contributed by atoms with Crippen LogP contribution < -0.4 is 10.6 Å². The molecule has 1 aliphatic heterocycles. The minimum Gasteiger partial charge on any atom is -0.383 e. The summed E-state index contributed by atoms with van der Waals surface area (Å²) in [6.07, 6.45) is 7.92. The van der Waals surface area contributed by atoms with Crippen LogP contribution in [0.3, 0.4) is 0 Å². The van der Waals surface area contributed by atoms with Crippen molar-refractivity contribution in [1.82, 2.24) is 10.6 Å². The van der Waals surface area contributed by atoms with Gasteiger partial charge in [0.05, 0.1) is 6.61 Å². The van der Waals surface area contributed by atoms with Gasteiger partial charge in [-0.25, -0.2) is 0 Å². The largest absolute Gasteiger partial charge is 0.383 e. The molecule has 0 radical (unpaired) electrons. The summed E-state index contributed by atoms with van der Waals surface area (Å²) < 4.78 is 5.39. The van der Waals surface area contributed by atoms with Crippen molar-refractivity contribution < 1.29 is 4.74 Å². The highest BCUT2D eigenvalue weighted by atomic mass is 16.5. The van der Waals surface area contributed by atoms with Crippen molar-refractivity contribution >= 4 is 0 Å². The van der Waals surface area contributed by atoms with E-state index in [1.807, 2.05) is 7.11 Å². The second kappa shape index (κ2) is 5.28. The van der Waals surface area contributed by atoms with Crippen LogP contribution in [-0.4, -0.2) is 38.4 Å². The van der Waals surface area contributed by atoms with Gasteiger partial charge in [0.2, 0.25) is 0 Å². The fourth-order valence-electron chi connectivity index (χ4n) is 3.07. The first kappa shape index (κ1) is 11.4. The molecule has 88 valence electrons. The lowest BCUT2D eigenvalue weighted by Gasteiger charge is -2.36. The van der Waals surface area contributed by atoms with Crippen molar-refractivity contribution in [3.8, 4) is 0 Å². The molecule has 0 unspecified atom stereocenters. The molecule has 2 N–H and O–H groups in total. The van der Waals surface area contributed by atoms with Crippen molar-refractivity contribution in [3.63, 3.8) is 0 Å². The van der Waals surface area contributed by atoms with Crippen LogP contribution in [0.25, 0.3) is 0 Å². The van der Waals surface area contributed by atoms with E-state index in [0.717, 1.165) is 13.2 Å². The third-order valence-corrected chi connectivity index (χ3v) is 3.79. The van der Waals surface area contributed by atoms with Crippen LogP contribution in [0.4, 0.5) is 0 Å². The predicted octanol–water partition coefficient (Wildman–Crippen LogP) is 1.29. The summed E-state index contributed by atoms with van der Waals surface area (Å²) in [6.45, 7) is 3.20. The number of methoxy groups -OCH3 is 1. The van der Waals surface area contributed by atoms with Crippen molar-refractivity contribution in [2.45, 2.75) is 50.1 Å². The van der Waals surface area contributed by atoms with E-state index < -0.39 is 0 Å². The molecule has 2 fully saturated rings. The molecular weight excluding hydrogens is 188 g/mol. The molecule has 3 nitrogen and oxygen atoms in total. The Bertz CT molecular complexity index is 184. The topological polar surface area (TPSA) is 33.3 Å². The molecule has 0 aromatic rings. The fraction of sp³-hybridized carbons (Fsp3) is 1.00. The fourth-order valence-corrected chi connectivity index (χ4v) is 3.07. The third-order valence-electron chi connectivity index (χ3n) is 3.79. The lowest BCUT2D eigenvalue weighted by Crippen LogP contribution is -2.55. The molecule has 1 heterocycles. The zero-order valence-corrected chi connectivity index (χ0v) is 9.85. The maximum Gasteiger partial charge on any atom is 0.0644 e. The van der Waals surface area contributed by atoms with Gasteiger partial charge in [-0.15, -0.1) is 0 Å². The molecular formula is C12H24N2O. The van der Waals surface area contributed by atoms with Crippen LogP contribution in [0, 0.1) is 0 Å². The predicted molar refractivity (Wildman–Crippen MR) is 62.1 cm³/mol. The molecule has 1 aliphatic carbocycles. The van der Waals surface area contributed by atoms with Gasteiger partial charge in [0, 0.05) is 25.2 Å². The Morgan fingerprint density at radius 1 is 1.33 bits per heavy atom. The zero-order chi connectivity index (χ0) is 10.6. The first-order chi connectivity index (χ1) is 7.35. The molecule has 0 amide bonds. The monoisotopic (exact) mass is 212 g/mol. The molecule has 3 heteroatoms. The normalized spacial score (nSPS) is 30.6. The van der Waals surface area contributed by atoms with Crippen molar-refractivity contribution in [2.75, 3.05) is 26.8 Å². The zero-order valence-electron chi connectivity index (χ0n) is 9.85. The molecule has 2 rings (SSSR count). The van der Waals surface area contributed by atoms with Gasteiger partial charge in [-0.1, -0.05) is 12.8 Å². The van der Waals surface area contributed by atoms with Gasteiger partial charge in [0.15, 0.2) is 0 Å². The highest BCUT2D eigenvalue weighted by Crippen LogP contribution is 2.30. The van der Waals surface area contributed by atoms with Gasteiger partial charge in [-0.05, 0) is 32.2 Å². The number of hydrogen-bond acceptors (Lipinski definition) is 3. The second-order valence-electron chi connectivity index (χ2n) is 5.11.